The summed E-state index contributed by atoms with van der Waals surface area (Å²) in [7, 11) is 1.36. The zero-order valence-corrected chi connectivity index (χ0v) is 10.6. The number of ether oxygens (including phenoxy) is 1. The fourth-order valence-electron chi connectivity index (χ4n) is 1.91. The molecule has 0 aliphatic rings. The molecule has 0 amide bonds. The second-order valence-electron chi connectivity index (χ2n) is 4.45. The van der Waals surface area contributed by atoms with E-state index in [2.05, 4.69) is 4.74 Å². The number of esters is 1. The molecule has 0 radical (unpaired) electrons. The van der Waals surface area contributed by atoms with Crippen LogP contribution in [-0.2, 0) is 9.53 Å². The number of rotatable bonds is 5. The van der Waals surface area contributed by atoms with Gasteiger partial charge in [-0.1, -0.05) is 44.2 Å². The van der Waals surface area contributed by atoms with Gasteiger partial charge in [-0.25, -0.2) is 0 Å². The normalized spacial score (nSPS) is 16.0. The van der Waals surface area contributed by atoms with Crippen molar-refractivity contribution in [2.75, 3.05) is 7.11 Å². The lowest BCUT2D eigenvalue weighted by atomic mass is 9.86. The molecular weight excluding hydrogens is 216 g/mol. The van der Waals surface area contributed by atoms with Crippen LogP contribution in [0.4, 0.5) is 0 Å². The molecule has 1 N–H and O–H groups in total. The molecule has 1 aromatic carbocycles. The van der Waals surface area contributed by atoms with Gasteiger partial charge in [0, 0.05) is 5.92 Å². The lowest BCUT2D eigenvalue weighted by molar-refractivity contribution is -0.142. The molecule has 3 atom stereocenters. The van der Waals surface area contributed by atoms with E-state index in [9.17, 15) is 9.90 Å². The van der Waals surface area contributed by atoms with Gasteiger partial charge in [0.25, 0.3) is 0 Å². The molecule has 0 saturated heterocycles. The third kappa shape index (κ3) is 3.86. The van der Waals surface area contributed by atoms with E-state index >= 15 is 0 Å². The number of benzene rings is 1. The van der Waals surface area contributed by atoms with Crippen LogP contribution in [-0.4, -0.2) is 24.3 Å². The monoisotopic (exact) mass is 236 g/mol. The van der Waals surface area contributed by atoms with Gasteiger partial charge in [-0.05, 0) is 11.5 Å². The van der Waals surface area contributed by atoms with Gasteiger partial charge in [0.1, 0.15) is 0 Å². The van der Waals surface area contributed by atoms with Crippen molar-refractivity contribution >= 4 is 5.97 Å². The Hall–Kier alpha value is -1.35. The number of hydrogen-bond donors (Lipinski definition) is 1. The summed E-state index contributed by atoms with van der Waals surface area (Å²) in [6.45, 7) is 3.83. The van der Waals surface area contributed by atoms with Gasteiger partial charge >= 0.3 is 5.97 Å². The predicted molar refractivity (Wildman–Crippen MR) is 66.7 cm³/mol. The highest BCUT2D eigenvalue weighted by Gasteiger charge is 2.24. The van der Waals surface area contributed by atoms with Crippen LogP contribution >= 0.6 is 0 Å². The summed E-state index contributed by atoms with van der Waals surface area (Å²) in [5, 5.41) is 10.2. The average Bonchev–Trinajstić information content (AvgIpc) is 2.37. The quantitative estimate of drug-likeness (QED) is 0.798. The summed E-state index contributed by atoms with van der Waals surface area (Å²) < 4.78 is 4.61. The highest BCUT2D eigenvalue weighted by atomic mass is 16.5. The largest absolute Gasteiger partial charge is 0.469 e. The molecule has 0 aromatic heterocycles. The first-order valence-electron chi connectivity index (χ1n) is 5.86. The van der Waals surface area contributed by atoms with Crippen molar-refractivity contribution in [3.05, 3.63) is 35.9 Å². The van der Waals surface area contributed by atoms with Crippen LogP contribution in [0, 0.1) is 5.92 Å². The Balaban J connectivity index is 2.63. The third-order valence-electron chi connectivity index (χ3n) is 3.14. The maximum absolute atomic E-state index is 11.2. The molecule has 94 valence electrons. The first kappa shape index (κ1) is 13.7. The smallest absolute Gasteiger partial charge is 0.305 e. The van der Waals surface area contributed by atoms with Crippen LogP contribution in [0.5, 0.6) is 0 Å². The number of carbonyl (C=O) groups excluding carboxylic acids is 1. The molecule has 0 aliphatic heterocycles. The Kier molecular flexibility index (Phi) is 5.16. The van der Waals surface area contributed by atoms with Crippen molar-refractivity contribution < 1.29 is 14.6 Å². The van der Waals surface area contributed by atoms with Crippen LogP contribution in [0.1, 0.15) is 31.7 Å². The van der Waals surface area contributed by atoms with E-state index in [1.807, 2.05) is 44.2 Å². The second kappa shape index (κ2) is 6.40. The second-order valence-corrected chi connectivity index (χ2v) is 4.45. The van der Waals surface area contributed by atoms with E-state index in [1.165, 1.54) is 7.11 Å². The summed E-state index contributed by atoms with van der Waals surface area (Å²) in [5.74, 6) is -0.384. The maximum Gasteiger partial charge on any atom is 0.305 e. The minimum atomic E-state index is -0.545. The van der Waals surface area contributed by atoms with Crippen LogP contribution < -0.4 is 0 Å². The molecule has 0 bridgehead atoms. The molecule has 3 unspecified atom stereocenters. The Morgan fingerprint density at radius 3 is 2.41 bits per heavy atom. The van der Waals surface area contributed by atoms with Gasteiger partial charge < -0.3 is 9.84 Å². The van der Waals surface area contributed by atoms with Crippen molar-refractivity contribution in [3.8, 4) is 0 Å². The van der Waals surface area contributed by atoms with Gasteiger partial charge in [-0.2, -0.15) is 0 Å². The van der Waals surface area contributed by atoms with Crippen LogP contribution in [0.25, 0.3) is 0 Å². The van der Waals surface area contributed by atoms with Gasteiger partial charge in [-0.3, -0.25) is 4.79 Å². The predicted octanol–water partition coefficient (Wildman–Crippen LogP) is 2.35. The first-order chi connectivity index (χ1) is 8.06. The fourth-order valence-corrected chi connectivity index (χ4v) is 1.91. The molecule has 17 heavy (non-hydrogen) atoms. The number of methoxy groups -OCH3 is 1. The third-order valence-corrected chi connectivity index (χ3v) is 3.14. The number of hydrogen-bond acceptors (Lipinski definition) is 3. The van der Waals surface area contributed by atoms with Gasteiger partial charge in [-0.15, -0.1) is 0 Å². The molecular formula is C14H20O3. The van der Waals surface area contributed by atoms with Crippen molar-refractivity contribution in [2.45, 2.75) is 32.3 Å². The van der Waals surface area contributed by atoms with Crippen molar-refractivity contribution in [1.29, 1.82) is 0 Å². The van der Waals surface area contributed by atoms with Gasteiger partial charge in [0.2, 0.25) is 0 Å². The maximum atomic E-state index is 11.2. The van der Waals surface area contributed by atoms with E-state index in [0.29, 0.717) is 0 Å². The number of carbonyl (C=O) groups is 1. The van der Waals surface area contributed by atoms with Gasteiger partial charge in [0.05, 0.1) is 19.6 Å². The summed E-state index contributed by atoms with van der Waals surface area (Å²) in [6, 6.07) is 9.81. The molecule has 0 aliphatic carbocycles. The Labute approximate surface area is 102 Å². The van der Waals surface area contributed by atoms with Crippen molar-refractivity contribution in [2.24, 2.45) is 5.92 Å². The van der Waals surface area contributed by atoms with Crippen LogP contribution in [0.2, 0.25) is 0 Å². The first-order valence-corrected chi connectivity index (χ1v) is 5.86. The number of aliphatic hydroxyl groups excluding tert-OH is 1. The Morgan fingerprint density at radius 2 is 1.88 bits per heavy atom. The van der Waals surface area contributed by atoms with E-state index < -0.39 is 6.10 Å². The van der Waals surface area contributed by atoms with Crippen LogP contribution in [0.3, 0.4) is 0 Å². The van der Waals surface area contributed by atoms with Crippen molar-refractivity contribution in [3.63, 3.8) is 0 Å². The Morgan fingerprint density at radius 1 is 1.29 bits per heavy atom. The highest BCUT2D eigenvalue weighted by molar-refractivity contribution is 5.69. The van der Waals surface area contributed by atoms with E-state index in [-0.39, 0.29) is 24.2 Å². The van der Waals surface area contributed by atoms with Crippen molar-refractivity contribution in [1.82, 2.24) is 0 Å². The topological polar surface area (TPSA) is 46.5 Å². The summed E-state index contributed by atoms with van der Waals surface area (Å²) in [4.78, 5) is 11.2. The molecule has 0 spiro atoms. The summed E-state index contributed by atoms with van der Waals surface area (Å²) in [5.41, 5.74) is 1.08. The SMILES string of the molecule is COC(=O)CC(C)C(O)C(C)c1ccccc1. The summed E-state index contributed by atoms with van der Waals surface area (Å²) in [6.07, 6.45) is -0.300. The van der Waals surface area contributed by atoms with Gasteiger partial charge in [0.15, 0.2) is 0 Å². The molecule has 3 heteroatoms. The fraction of sp³-hybridized carbons (Fsp3) is 0.500. The van der Waals surface area contributed by atoms with E-state index in [4.69, 9.17) is 0 Å². The molecule has 0 saturated carbocycles. The molecule has 0 fully saturated rings. The van der Waals surface area contributed by atoms with E-state index in [0.717, 1.165) is 5.56 Å². The highest BCUT2D eigenvalue weighted by Crippen LogP contribution is 2.25. The minimum Gasteiger partial charge on any atom is -0.469 e. The minimum absolute atomic E-state index is 0.0101. The van der Waals surface area contributed by atoms with Crippen LogP contribution in [0.15, 0.2) is 30.3 Å². The molecule has 1 rings (SSSR count). The average molecular weight is 236 g/mol. The molecule has 1 aromatic rings. The Bertz CT molecular complexity index is 348. The van der Waals surface area contributed by atoms with E-state index in [1.54, 1.807) is 0 Å². The lowest BCUT2D eigenvalue weighted by Crippen LogP contribution is -2.26. The molecule has 3 nitrogen and oxygen atoms in total. The molecule has 0 heterocycles. The summed E-state index contributed by atoms with van der Waals surface area (Å²) >= 11 is 0. The zero-order valence-electron chi connectivity index (χ0n) is 10.6. The number of aliphatic hydroxyl groups is 1. The standard InChI is InChI=1S/C14H20O3/c1-10(9-13(15)17-3)14(16)11(2)12-7-5-4-6-8-12/h4-8,10-11,14,16H,9H2,1-3H3. The lowest BCUT2D eigenvalue weighted by Gasteiger charge is -2.24. The zero-order chi connectivity index (χ0) is 12.8.